The van der Waals surface area contributed by atoms with Crippen molar-refractivity contribution in [2.45, 2.75) is 88.2 Å². The minimum Gasteiger partial charge on any atom is -0.383 e. The molecule has 1 atom stereocenters. The van der Waals surface area contributed by atoms with Crippen LogP contribution in [0.2, 0.25) is 0 Å². The maximum Gasteiger partial charge on any atom is 0.249 e. The predicted molar refractivity (Wildman–Crippen MR) is 127 cm³/mol. The summed E-state index contributed by atoms with van der Waals surface area (Å²) in [6.07, 6.45) is 9.76. The molecule has 1 heterocycles. The molecule has 6 rings (SSSR count). The molecule has 0 radical (unpaired) electrons. The first-order chi connectivity index (χ1) is 15.7. The number of carbonyl (C=O) groups excluding carboxylic acids is 1. The van der Waals surface area contributed by atoms with Crippen molar-refractivity contribution in [3.8, 4) is 0 Å². The molecule has 1 aromatic rings. The van der Waals surface area contributed by atoms with Crippen molar-refractivity contribution < 1.29 is 18.3 Å². The largest absolute Gasteiger partial charge is 0.383 e. The number of piperidine rings is 1. The lowest BCUT2D eigenvalue weighted by molar-refractivity contribution is -0.131. The van der Waals surface area contributed by atoms with Crippen molar-refractivity contribution in [3.05, 3.63) is 29.8 Å². The van der Waals surface area contributed by atoms with E-state index >= 15 is 0 Å². The molecule has 33 heavy (non-hydrogen) atoms. The molecule has 4 bridgehead atoms. The van der Waals surface area contributed by atoms with Gasteiger partial charge in [-0.3, -0.25) is 4.79 Å². The molecule has 7 heteroatoms. The highest BCUT2D eigenvalue weighted by atomic mass is 32.2. The average molecular weight is 475 g/mol. The van der Waals surface area contributed by atoms with E-state index in [4.69, 9.17) is 0 Å². The summed E-state index contributed by atoms with van der Waals surface area (Å²) in [6.45, 7) is 2.69. The van der Waals surface area contributed by atoms with Crippen molar-refractivity contribution in [2.75, 3.05) is 13.1 Å². The van der Waals surface area contributed by atoms with Gasteiger partial charge in [-0.05, 0) is 106 Å². The van der Waals surface area contributed by atoms with Crippen molar-refractivity contribution >= 4 is 15.9 Å². The van der Waals surface area contributed by atoms with E-state index in [1.54, 1.807) is 12.1 Å². The maximum absolute atomic E-state index is 12.9. The number of nitrogens with zero attached hydrogens (tertiary/aromatic N) is 1. The molecule has 1 amide bonds. The number of benzene rings is 1. The van der Waals surface area contributed by atoms with Crippen LogP contribution in [-0.2, 0) is 14.8 Å². The van der Waals surface area contributed by atoms with Crippen LogP contribution in [0.25, 0.3) is 0 Å². The Hall–Kier alpha value is -1.44. The molecule has 0 spiro atoms. The van der Waals surface area contributed by atoms with E-state index in [0.717, 1.165) is 29.7 Å². The third kappa shape index (κ3) is 4.87. The van der Waals surface area contributed by atoms with E-state index in [-0.39, 0.29) is 11.9 Å². The number of rotatable bonds is 7. The molecule has 4 aliphatic carbocycles. The number of nitrogens with one attached hydrogen (secondary N) is 1. The highest BCUT2D eigenvalue weighted by molar-refractivity contribution is 7.89. The fraction of sp³-hybridized carbons (Fsp3) is 0.731. The first-order valence-electron chi connectivity index (χ1n) is 12.8. The molecule has 5 fully saturated rings. The van der Waals surface area contributed by atoms with E-state index in [1.165, 1.54) is 42.8 Å². The number of sulfonamides is 1. The molecule has 1 unspecified atom stereocenters. The second-order valence-corrected chi connectivity index (χ2v) is 13.4. The van der Waals surface area contributed by atoms with E-state index in [2.05, 4.69) is 5.32 Å². The zero-order chi connectivity index (χ0) is 23.2. The summed E-state index contributed by atoms with van der Waals surface area (Å²) in [6, 6.07) is 6.84. The van der Waals surface area contributed by atoms with Gasteiger partial charge in [0.1, 0.15) is 6.10 Å². The Labute approximate surface area is 198 Å². The molecule has 1 aliphatic heterocycles. The molecule has 6 nitrogen and oxygen atoms in total. The van der Waals surface area contributed by atoms with Crippen LogP contribution in [0.15, 0.2) is 29.2 Å². The minimum absolute atomic E-state index is 0.0869. The number of aliphatic hydroxyl groups is 1. The Bertz CT molecular complexity index is 931. The van der Waals surface area contributed by atoms with Crippen LogP contribution in [0.5, 0.6) is 0 Å². The van der Waals surface area contributed by atoms with Gasteiger partial charge in [0, 0.05) is 19.1 Å². The fourth-order valence-electron chi connectivity index (χ4n) is 7.57. The number of hydrogen-bond acceptors (Lipinski definition) is 4. The first kappa shape index (κ1) is 23.3. The van der Waals surface area contributed by atoms with Crippen LogP contribution < -0.4 is 5.32 Å². The summed E-state index contributed by atoms with van der Waals surface area (Å²) in [4.78, 5) is 13.0. The third-order valence-corrected chi connectivity index (χ3v) is 10.8. The highest BCUT2D eigenvalue weighted by Gasteiger charge is 2.50. The van der Waals surface area contributed by atoms with Crippen molar-refractivity contribution in [2.24, 2.45) is 23.2 Å². The second kappa shape index (κ2) is 8.97. The third-order valence-electron chi connectivity index (χ3n) is 8.87. The number of carbonyl (C=O) groups is 1. The predicted octanol–water partition coefficient (Wildman–Crippen LogP) is 3.62. The van der Waals surface area contributed by atoms with Crippen LogP contribution in [-0.4, -0.2) is 49.0 Å². The molecular weight excluding hydrogens is 436 g/mol. The topological polar surface area (TPSA) is 86.7 Å². The Morgan fingerprint density at radius 1 is 1.06 bits per heavy atom. The molecular formula is C26H38N2O4S. The number of aliphatic hydroxyl groups excluding tert-OH is 1. The molecule has 1 aromatic carbocycles. The van der Waals surface area contributed by atoms with Crippen molar-refractivity contribution in [3.63, 3.8) is 0 Å². The molecule has 1 saturated heterocycles. The number of hydrogen-bond donors (Lipinski definition) is 2. The minimum atomic E-state index is -3.51. The summed E-state index contributed by atoms with van der Waals surface area (Å²) in [5, 5.41) is 13.6. The zero-order valence-electron chi connectivity index (χ0n) is 19.7. The Balaban J connectivity index is 1.09. The van der Waals surface area contributed by atoms with Gasteiger partial charge < -0.3 is 10.4 Å². The number of aryl methyl sites for hydroxylation is 1. The van der Waals surface area contributed by atoms with Crippen molar-refractivity contribution in [1.29, 1.82) is 0 Å². The SMILES string of the molecule is Cc1ccc(S(=O)(=O)N2CCC(NC(=O)C(O)CCC34CC5CC(CC(C5)C3)C4)CC2)cc1. The monoisotopic (exact) mass is 474 g/mol. The molecule has 2 N–H and O–H groups in total. The van der Waals surface area contributed by atoms with E-state index in [0.29, 0.717) is 42.7 Å². The Morgan fingerprint density at radius 2 is 1.61 bits per heavy atom. The van der Waals surface area contributed by atoms with Gasteiger partial charge in [0.2, 0.25) is 15.9 Å². The van der Waals surface area contributed by atoms with Crippen LogP contribution in [0.3, 0.4) is 0 Å². The maximum atomic E-state index is 12.9. The summed E-state index contributed by atoms with van der Waals surface area (Å²) in [7, 11) is -3.51. The molecule has 0 aromatic heterocycles. The number of amides is 1. The van der Waals surface area contributed by atoms with E-state index < -0.39 is 16.1 Å². The van der Waals surface area contributed by atoms with Crippen LogP contribution in [0.1, 0.15) is 69.8 Å². The molecule has 5 aliphatic rings. The van der Waals surface area contributed by atoms with Crippen LogP contribution in [0.4, 0.5) is 0 Å². The summed E-state index contributed by atoms with van der Waals surface area (Å²) >= 11 is 0. The van der Waals surface area contributed by atoms with Crippen LogP contribution >= 0.6 is 0 Å². The van der Waals surface area contributed by atoms with Gasteiger partial charge in [0.25, 0.3) is 0 Å². The van der Waals surface area contributed by atoms with Crippen molar-refractivity contribution in [1.82, 2.24) is 9.62 Å². The van der Waals surface area contributed by atoms with Gasteiger partial charge in [-0.15, -0.1) is 0 Å². The van der Waals surface area contributed by atoms with Gasteiger partial charge in [-0.1, -0.05) is 17.7 Å². The Morgan fingerprint density at radius 3 is 2.15 bits per heavy atom. The van der Waals surface area contributed by atoms with Gasteiger partial charge in [0.15, 0.2) is 0 Å². The lowest BCUT2D eigenvalue weighted by Crippen LogP contribution is -2.49. The lowest BCUT2D eigenvalue weighted by atomic mass is 9.48. The quantitative estimate of drug-likeness (QED) is 0.632. The van der Waals surface area contributed by atoms with Gasteiger partial charge in [-0.25, -0.2) is 8.42 Å². The summed E-state index contributed by atoms with van der Waals surface area (Å²) in [5.74, 6) is 2.34. The fourth-order valence-corrected chi connectivity index (χ4v) is 9.04. The second-order valence-electron chi connectivity index (χ2n) is 11.5. The van der Waals surface area contributed by atoms with Gasteiger partial charge in [-0.2, -0.15) is 4.31 Å². The highest BCUT2D eigenvalue weighted by Crippen LogP contribution is 2.61. The summed E-state index contributed by atoms with van der Waals surface area (Å²) < 4.78 is 27.3. The normalized spacial score (nSPS) is 33.2. The van der Waals surface area contributed by atoms with E-state index in [9.17, 15) is 18.3 Å². The van der Waals surface area contributed by atoms with Crippen LogP contribution in [0, 0.1) is 30.1 Å². The zero-order valence-corrected chi connectivity index (χ0v) is 20.5. The molecule has 4 saturated carbocycles. The average Bonchev–Trinajstić information content (AvgIpc) is 2.77. The standard InChI is InChI=1S/C26H38N2O4S/c1-18-2-4-23(5-3-18)33(31,32)28-10-7-22(8-11-28)27-25(30)24(29)6-9-26-15-19-12-20(16-26)14-21(13-19)17-26/h2-5,19-22,24,29H,6-17H2,1H3,(H,27,30). The molecule has 182 valence electrons. The smallest absolute Gasteiger partial charge is 0.249 e. The van der Waals surface area contributed by atoms with Gasteiger partial charge >= 0.3 is 0 Å². The summed E-state index contributed by atoms with van der Waals surface area (Å²) in [5.41, 5.74) is 1.39. The Kier molecular flexibility index (Phi) is 6.34. The lowest BCUT2D eigenvalue weighted by Gasteiger charge is -2.57. The van der Waals surface area contributed by atoms with Gasteiger partial charge in [0.05, 0.1) is 4.90 Å². The first-order valence-corrected chi connectivity index (χ1v) is 14.2. The van der Waals surface area contributed by atoms with E-state index in [1.807, 2.05) is 19.1 Å².